The largest absolute Gasteiger partial charge is 0.377 e. The average molecular weight is 354 g/mol. The predicted molar refractivity (Wildman–Crippen MR) is 99.3 cm³/mol. The Kier molecular flexibility index (Phi) is 5.32. The minimum absolute atomic E-state index is 0.189. The van der Waals surface area contributed by atoms with E-state index in [1.54, 1.807) is 6.20 Å². The number of benzene rings is 1. The van der Waals surface area contributed by atoms with Gasteiger partial charge in [-0.05, 0) is 30.5 Å². The Hall–Kier alpha value is -2.18. The van der Waals surface area contributed by atoms with E-state index in [9.17, 15) is 4.79 Å². The molecule has 2 aromatic rings. The fraction of sp³-hybridized carbons (Fsp3) is 0.500. The first-order valence-electron chi connectivity index (χ1n) is 9.48. The molecular weight excluding hydrogens is 328 g/mol. The molecule has 0 saturated carbocycles. The molecule has 6 heteroatoms. The Morgan fingerprint density at radius 3 is 2.69 bits per heavy atom. The summed E-state index contributed by atoms with van der Waals surface area (Å²) in [4.78, 5) is 17.0. The van der Waals surface area contributed by atoms with Gasteiger partial charge in [0.05, 0.1) is 24.4 Å². The molecule has 1 atom stereocenters. The van der Waals surface area contributed by atoms with E-state index in [4.69, 9.17) is 4.74 Å². The molecule has 2 aliphatic rings. The maximum absolute atomic E-state index is 12.6. The molecule has 0 radical (unpaired) electrons. The SMILES string of the molecule is O=C(Cc1cnn(-c2ccccc2)c1)N1CCN(CC2CCCO2)CC1. The van der Waals surface area contributed by atoms with E-state index in [1.165, 1.54) is 12.8 Å². The lowest BCUT2D eigenvalue weighted by atomic mass is 10.2. The summed E-state index contributed by atoms with van der Waals surface area (Å²) in [6, 6.07) is 9.96. The molecule has 1 unspecified atom stereocenters. The van der Waals surface area contributed by atoms with E-state index >= 15 is 0 Å². The van der Waals surface area contributed by atoms with Crippen molar-refractivity contribution in [3.8, 4) is 5.69 Å². The highest BCUT2D eigenvalue weighted by atomic mass is 16.5. The van der Waals surface area contributed by atoms with Gasteiger partial charge in [-0.15, -0.1) is 0 Å². The summed E-state index contributed by atoms with van der Waals surface area (Å²) in [7, 11) is 0. The lowest BCUT2D eigenvalue weighted by Gasteiger charge is -2.35. The van der Waals surface area contributed by atoms with Crippen LogP contribution in [0.5, 0.6) is 0 Å². The van der Waals surface area contributed by atoms with E-state index < -0.39 is 0 Å². The standard InChI is InChI=1S/C20H26N4O2/c25-20(13-17-14-21-24(15-17)18-5-2-1-3-6-18)23-10-8-22(9-11-23)16-19-7-4-12-26-19/h1-3,5-6,14-15,19H,4,7-13,16H2. The molecule has 0 aliphatic carbocycles. The summed E-state index contributed by atoms with van der Waals surface area (Å²) in [5.41, 5.74) is 1.97. The molecule has 26 heavy (non-hydrogen) atoms. The van der Waals surface area contributed by atoms with Gasteiger partial charge in [0, 0.05) is 45.5 Å². The summed E-state index contributed by atoms with van der Waals surface area (Å²) in [6.07, 6.45) is 6.89. The van der Waals surface area contributed by atoms with Crippen LogP contribution < -0.4 is 0 Å². The van der Waals surface area contributed by atoms with Gasteiger partial charge in [0.25, 0.3) is 0 Å². The minimum atomic E-state index is 0.189. The predicted octanol–water partition coefficient (Wildman–Crippen LogP) is 1.74. The number of piperazine rings is 1. The van der Waals surface area contributed by atoms with Gasteiger partial charge in [-0.3, -0.25) is 9.69 Å². The third kappa shape index (κ3) is 4.14. The third-order valence-electron chi connectivity index (χ3n) is 5.22. The fourth-order valence-electron chi connectivity index (χ4n) is 3.72. The molecular formula is C20H26N4O2. The monoisotopic (exact) mass is 354 g/mol. The molecule has 1 amide bonds. The molecule has 1 aromatic heterocycles. The lowest BCUT2D eigenvalue weighted by Crippen LogP contribution is -2.50. The first-order chi connectivity index (χ1) is 12.8. The molecule has 3 heterocycles. The first kappa shape index (κ1) is 17.2. The normalized spacial score (nSPS) is 21.2. The zero-order valence-electron chi connectivity index (χ0n) is 15.1. The van der Waals surface area contributed by atoms with Crippen LogP contribution in [0.4, 0.5) is 0 Å². The van der Waals surface area contributed by atoms with Gasteiger partial charge in [-0.2, -0.15) is 5.10 Å². The summed E-state index contributed by atoms with van der Waals surface area (Å²) >= 11 is 0. The van der Waals surface area contributed by atoms with Crippen LogP contribution in [0.1, 0.15) is 18.4 Å². The Balaban J connectivity index is 1.27. The number of rotatable bonds is 5. The van der Waals surface area contributed by atoms with Crippen LogP contribution in [-0.4, -0.2) is 70.9 Å². The summed E-state index contributed by atoms with van der Waals surface area (Å²) in [5.74, 6) is 0.189. The number of hydrogen-bond donors (Lipinski definition) is 0. The molecule has 2 aliphatic heterocycles. The van der Waals surface area contributed by atoms with Crippen LogP contribution in [0.15, 0.2) is 42.7 Å². The zero-order valence-corrected chi connectivity index (χ0v) is 15.1. The molecule has 2 saturated heterocycles. The smallest absolute Gasteiger partial charge is 0.227 e. The van der Waals surface area contributed by atoms with Gasteiger partial charge >= 0.3 is 0 Å². The van der Waals surface area contributed by atoms with Crippen LogP contribution in [0.2, 0.25) is 0 Å². The number of aromatic nitrogens is 2. The van der Waals surface area contributed by atoms with E-state index in [0.717, 1.165) is 50.6 Å². The lowest BCUT2D eigenvalue weighted by molar-refractivity contribution is -0.132. The summed E-state index contributed by atoms with van der Waals surface area (Å²) in [6.45, 7) is 5.40. The van der Waals surface area contributed by atoms with E-state index in [2.05, 4.69) is 10.00 Å². The van der Waals surface area contributed by atoms with Crippen molar-refractivity contribution < 1.29 is 9.53 Å². The highest BCUT2D eigenvalue weighted by Gasteiger charge is 2.25. The first-order valence-corrected chi connectivity index (χ1v) is 9.48. The Bertz CT molecular complexity index is 716. The quantitative estimate of drug-likeness (QED) is 0.821. The van der Waals surface area contributed by atoms with Crippen molar-refractivity contribution >= 4 is 5.91 Å². The number of carbonyl (C=O) groups excluding carboxylic acids is 1. The van der Waals surface area contributed by atoms with Crippen molar-refractivity contribution in [3.05, 3.63) is 48.3 Å². The van der Waals surface area contributed by atoms with Crippen LogP contribution >= 0.6 is 0 Å². The minimum Gasteiger partial charge on any atom is -0.377 e. The van der Waals surface area contributed by atoms with Crippen LogP contribution in [-0.2, 0) is 16.0 Å². The average Bonchev–Trinajstić information content (AvgIpc) is 3.35. The summed E-state index contributed by atoms with van der Waals surface area (Å²) in [5, 5.41) is 4.38. The van der Waals surface area contributed by atoms with Crippen molar-refractivity contribution in [2.45, 2.75) is 25.4 Å². The maximum atomic E-state index is 12.6. The molecule has 0 N–H and O–H groups in total. The molecule has 0 bridgehead atoms. The van der Waals surface area contributed by atoms with Gasteiger partial charge in [0.15, 0.2) is 0 Å². The second-order valence-electron chi connectivity index (χ2n) is 7.12. The fourth-order valence-corrected chi connectivity index (χ4v) is 3.72. The van der Waals surface area contributed by atoms with Gasteiger partial charge in [0.2, 0.25) is 5.91 Å². The van der Waals surface area contributed by atoms with Gasteiger partial charge < -0.3 is 9.64 Å². The topological polar surface area (TPSA) is 50.6 Å². The summed E-state index contributed by atoms with van der Waals surface area (Å²) < 4.78 is 7.54. The van der Waals surface area contributed by atoms with Crippen LogP contribution in [0.3, 0.4) is 0 Å². The molecule has 0 spiro atoms. The van der Waals surface area contributed by atoms with E-state index in [-0.39, 0.29) is 5.91 Å². The molecule has 4 rings (SSSR count). The number of ether oxygens (including phenoxy) is 1. The Labute approximate surface area is 154 Å². The number of amides is 1. The highest BCUT2D eigenvalue weighted by molar-refractivity contribution is 5.78. The number of carbonyl (C=O) groups is 1. The second-order valence-corrected chi connectivity index (χ2v) is 7.12. The van der Waals surface area contributed by atoms with Crippen molar-refractivity contribution in [3.63, 3.8) is 0 Å². The van der Waals surface area contributed by atoms with E-state index in [1.807, 2.05) is 46.1 Å². The van der Waals surface area contributed by atoms with Crippen molar-refractivity contribution in [1.29, 1.82) is 0 Å². The van der Waals surface area contributed by atoms with Gasteiger partial charge in [-0.1, -0.05) is 18.2 Å². The van der Waals surface area contributed by atoms with Crippen LogP contribution in [0.25, 0.3) is 5.69 Å². The van der Waals surface area contributed by atoms with Crippen LogP contribution in [0, 0.1) is 0 Å². The highest BCUT2D eigenvalue weighted by Crippen LogP contribution is 2.15. The molecule has 138 valence electrons. The molecule has 2 fully saturated rings. The van der Waals surface area contributed by atoms with E-state index in [0.29, 0.717) is 12.5 Å². The Morgan fingerprint density at radius 1 is 1.15 bits per heavy atom. The number of para-hydroxylation sites is 1. The van der Waals surface area contributed by atoms with Crippen molar-refractivity contribution in [2.75, 3.05) is 39.3 Å². The van der Waals surface area contributed by atoms with Gasteiger partial charge in [-0.25, -0.2) is 4.68 Å². The maximum Gasteiger partial charge on any atom is 0.227 e. The van der Waals surface area contributed by atoms with Gasteiger partial charge in [0.1, 0.15) is 0 Å². The Morgan fingerprint density at radius 2 is 1.96 bits per heavy atom. The molecule has 1 aromatic carbocycles. The number of nitrogens with zero attached hydrogens (tertiary/aromatic N) is 4. The second kappa shape index (κ2) is 8.01. The zero-order chi connectivity index (χ0) is 17.8. The van der Waals surface area contributed by atoms with Crippen molar-refractivity contribution in [1.82, 2.24) is 19.6 Å². The number of hydrogen-bond acceptors (Lipinski definition) is 4. The van der Waals surface area contributed by atoms with Crippen molar-refractivity contribution in [2.24, 2.45) is 0 Å². The third-order valence-corrected chi connectivity index (χ3v) is 5.22. The molecule has 6 nitrogen and oxygen atoms in total.